The van der Waals surface area contributed by atoms with E-state index in [-0.39, 0.29) is 0 Å². The fourth-order valence-corrected chi connectivity index (χ4v) is 3.12. The van der Waals surface area contributed by atoms with E-state index in [0.717, 1.165) is 18.4 Å². The number of rotatable bonds is 3. The van der Waals surface area contributed by atoms with E-state index in [1.165, 1.54) is 31.3 Å². The Kier molecular flexibility index (Phi) is 4.44. The van der Waals surface area contributed by atoms with Crippen molar-refractivity contribution in [3.8, 4) is 0 Å². The van der Waals surface area contributed by atoms with Gasteiger partial charge in [-0.25, -0.2) is 0 Å². The molecule has 0 spiro atoms. The van der Waals surface area contributed by atoms with Crippen LogP contribution in [0.25, 0.3) is 0 Å². The van der Waals surface area contributed by atoms with Crippen LogP contribution in [0.5, 0.6) is 0 Å². The molecule has 0 radical (unpaired) electrons. The van der Waals surface area contributed by atoms with E-state index >= 15 is 0 Å². The first kappa shape index (κ1) is 12.9. The average molecular weight is 234 g/mol. The van der Waals surface area contributed by atoms with Gasteiger partial charge in [-0.3, -0.25) is 0 Å². The van der Waals surface area contributed by atoms with E-state index in [1.807, 2.05) is 0 Å². The van der Waals surface area contributed by atoms with Crippen LogP contribution in [0.4, 0.5) is 0 Å². The van der Waals surface area contributed by atoms with Gasteiger partial charge >= 0.3 is 0 Å². The molecule has 0 aliphatic heterocycles. The summed E-state index contributed by atoms with van der Waals surface area (Å²) in [5.74, 6) is 2.33. The molecule has 1 fully saturated rings. The molecule has 17 heavy (non-hydrogen) atoms. The lowest BCUT2D eigenvalue weighted by atomic mass is 9.74. The summed E-state index contributed by atoms with van der Waals surface area (Å²) < 4.78 is 6.16. The van der Waals surface area contributed by atoms with Crippen molar-refractivity contribution in [2.75, 3.05) is 6.61 Å². The van der Waals surface area contributed by atoms with Crippen molar-refractivity contribution in [1.29, 1.82) is 0 Å². The summed E-state index contributed by atoms with van der Waals surface area (Å²) in [6, 6.07) is 0. The largest absolute Gasteiger partial charge is 0.373 e. The maximum Gasteiger partial charge on any atom is 0.0717 e. The lowest BCUT2D eigenvalue weighted by molar-refractivity contribution is -0.0278. The van der Waals surface area contributed by atoms with Crippen molar-refractivity contribution in [2.45, 2.75) is 52.6 Å². The number of hydrogen-bond donors (Lipinski definition) is 0. The minimum absolute atomic E-state index is 0.463. The fraction of sp³-hybridized carbons (Fsp3) is 0.750. The van der Waals surface area contributed by atoms with Gasteiger partial charge in [-0.05, 0) is 49.0 Å². The average Bonchev–Trinajstić information content (AvgIpc) is 2.33. The van der Waals surface area contributed by atoms with Gasteiger partial charge in [-0.1, -0.05) is 39.0 Å². The van der Waals surface area contributed by atoms with Crippen LogP contribution in [-0.2, 0) is 4.74 Å². The van der Waals surface area contributed by atoms with Crippen LogP contribution in [0.15, 0.2) is 23.8 Å². The fourth-order valence-electron chi connectivity index (χ4n) is 3.12. The van der Waals surface area contributed by atoms with E-state index in [4.69, 9.17) is 4.74 Å². The summed E-state index contributed by atoms with van der Waals surface area (Å²) in [5, 5.41) is 0. The van der Waals surface area contributed by atoms with Crippen LogP contribution in [0.2, 0.25) is 0 Å². The molecular formula is C16H26O. The summed E-state index contributed by atoms with van der Waals surface area (Å²) in [4.78, 5) is 0. The second-order valence-corrected chi connectivity index (χ2v) is 6.02. The highest BCUT2D eigenvalue weighted by atomic mass is 16.5. The van der Waals surface area contributed by atoms with Crippen molar-refractivity contribution < 1.29 is 4.74 Å². The zero-order valence-electron chi connectivity index (χ0n) is 11.5. The third kappa shape index (κ3) is 3.45. The normalized spacial score (nSPS) is 37.9. The summed E-state index contributed by atoms with van der Waals surface area (Å²) in [6.07, 6.45) is 12.2. The van der Waals surface area contributed by atoms with Crippen LogP contribution in [-0.4, -0.2) is 12.7 Å². The van der Waals surface area contributed by atoms with E-state index in [1.54, 1.807) is 0 Å². The predicted octanol–water partition coefficient (Wildman–Crippen LogP) is 4.35. The first-order valence-electron chi connectivity index (χ1n) is 7.14. The van der Waals surface area contributed by atoms with Crippen molar-refractivity contribution >= 4 is 0 Å². The van der Waals surface area contributed by atoms with Crippen LogP contribution >= 0.6 is 0 Å². The van der Waals surface area contributed by atoms with Crippen molar-refractivity contribution in [3.05, 3.63) is 23.8 Å². The monoisotopic (exact) mass is 234 g/mol. The maximum absolute atomic E-state index is 6.16. The van der Waals surface area contributed by atoms with Gasteiger partial charge in [0.2, 0.25) is 0 Å². The number of hydrogen-bond acceptors (Lipinski definition) is 1. The molecule has 0 aromatic heterocycles. The zero-order chi connectivity index (χ0) is 12.3. The number of allylic oxidation sites excluding steroid dienone is 2. The van der Waals surface area contributed by atoms with Crippen LogP contribution in [0.3, 0.4) is 0 Å². The van der Waals surface area contributed by atoms with E-state index in [2.05, 4.69) is 39.0 Å². The molecule has 0 saturated heterocycles. The summed E-state index contributed by atoms with van der Waals surface area (Å²) in [6.45, 7) is 7.90. The minimum Gasteiger partial charge on any atom is -0.373 e. The Morgan fingerprint density at radius 2 is 2.00 bits per heavy atom. The van der Waals surface area contributed by atoms with Gasteiger partial charge in [0.1, 0.15) is 0 Å². The lowest BCUT2D eigenvalue weighted by Gasteiger charge is -2.37. The third-order valence-electron chi connectivity index (χ3n) is 4.43. The van der Waals surface area contributed by atoms with Crippen LogP contribution in [0, 0.1) is 17.8 Å². The molecule has 0 aromatic carbocycles. The van der Waals surface area contributed by atoms with E-state index in [0.29, 0.717) is 12.0 Å². The molecule has 4 unspecified atom stereocenters. The molecule has 1 nitrogen and oxygen atoms in total. The van der Waals surface area contributed by atoms with Crippen LogP contribution in [0.1, 0.15) is 46.5 Å². The topological polar surface area (TPSA) is 9.23 Å². The molecule has 2 aliphatic rings. The highest BCUT2D eigenvalue weighted by Gasteiger charge is 2.31. The highest BCUT2D eigenvalue weighted by Crippen LogP contribution is 2.35. The second kappa shape index (κ2) is 5.86. The first-order valence-corrected chi connectivity index (χ1v) is 7.14. The predicted molar refractivity (Wildman–Crippen MR) is 72.9 cm³/mol. The van der Waals surface area contributed by atoms with Crippen molar-refractivity contribution in [1.82, 2.24) is 0 Å². The maximum atomic E-state index is 6.16. The molecule has 96 valence electrons. The van der Waals surface area contributed by atoms with Gasteiger partial charge in [0.05, 0.1) is 12.7 Å². The quantitative estimate of drug-likeness (QED) is 0.705. The minimum atomic E-state index is 0.463. The Hall–Kier alpha value is -0.560. The molecule has 0 heterocycles. The highest BCUT2D eigenvalue weighted by molar-refractivity contribution is 5.22. The summed E-state index contributed by atoms with van der Waals surface area (Å²) in [5.41, 5.74) is 1.37. The van der Waals surface area contributed by atoms with Crippen molar-refractivity contribution in [3.63, 3.8) is 0 Å². The number of ether oxygens (including phenoxy) is 1. The van der Waals surface area contributed by atoms with Gasteiger partial charge in [0.15, 0.2) is 0 Å². The molecule has 4 atom stereocenters. The van der Waals surface area contributed by atoms with Gasteiger partial charge in [0.25, 0.3) is 0 Å². The Morgan fingerprint density at radius 3 is 2.71 bits per heavy atom. The second-order valence-electron chi connectivity index (χ2n) is 6.02. The molecule has 0 amide bonds. The first-order chi connectivity index (χ1) is 8.16. The Morgan fingerprint density at radius 1 is 1.18 bits per heavy atom. The zero-order valence-corrected chi connectivity index (χ0v) is 11.5. The van der Waals surface area contributed by atoms with Gasteiger partial charge in [-0.2, -0.15) is 0 Å². The Labute approximate surface area is 106 Å². The smallest absolute Gasteiger partial charge is 0.0717 e. The third-order valence-corrected chi connectivity index (χ3v) is 4.43. The molecule has 1 heteroatoms. The molecule has 1 saturated carbocycles. The molecule has 2 rings (SSSR count). The van der Waals surface area contributed by atoms with Crippen LogP contribution < -0.4 is 0 Å². The summed E-state index contributed by atoms with van der Waals surface area (Å²) >= 11 is 0. The van der Waals surface area contributed by atoms with Crippen molar-refractivity contribution in [2.24, 2.45) is 17.8 Å². The Balaban J connectivity index is 1.85. The molecule has 0 bridgehead atoms. The molecular weight excluding hydrogens is 208 g/mol. The molecule has 0 aromatic rings. The van der Waals surface area contributed by atoms with E-state index in [9.17, 15) is 0 Å². The summed E-state index contributed by atoms with van der Waals surface area (Å²) in [7, 11) is 0. The Bertz CT molecular complexity index is 303. The van der Waals surface area contributed by atoms with E-state index < -0.39 is 0 Å². The van der Waals surface area contributed by atoms with Gasteiger partial charge in [0, 0.05) is 0 Å². The SMILES string of the molecule is CC1CC(C)C(C)C(OCC2=CCCC=C2)C1. The lowest BCUT2D eigenvalue weighted by Crippen LogP contribution is -2.35. The molecule has 2 aliphatic carbocycles. The standard InChI is InChI=1S/C16H26O/c1-12-9-13(2)14(3)16(10-12)17-11-15-7-5-4-6-8-15/h5,7-8,12-14,16H,4,6,9-11H2,1-3H3. The molecule has 0 N–H and O–H groups in total. The van der Waals surface area contributed by atoms with Gasteiger partial charge < -0.3 is 4.74 Å². The van der Waals surface area contributed by atoms with Gasteiger partial charge in [-0.15, -0.1) is 0 Å².